The fourth-order valence-corrected chi connectivity index (χ4v) is 6.62. The molecule has 0 bridgehead atoms. The number of benzene rings is 6. The Labute approximate surface area is 323 Å². The zero-order valence-electron chi connectivity index (χ0n) is 29.1. The topological polar surface area (TPSA) is 37.1 Å². The third-order valence-electron chi connectivity index (χ3n) is 9.11. The number of nitrogens with zero attached hydrogens (tertiary/aromatic N) is 3. The Morgan fingerprint density at radius 3 is 1.13 bits per heavy atom. The van der Waals surface area contributed by atoms with Gasteiger partial charge in [-0.25, -0.2) is 4.99 Å². The van der Waals surface area contributed by atoms with Crippen molar-refractivity contribution < 1.29 is 13.1 Å². The number of aliphatic imine (C=N–C) groups is 3. The first-order valence-corrected chi connectivity index (χ1v) is 20.2. The van der Waals surface area contributed by atoms with Gasteiger partial charge in [0.1, 0.15) is 0 Å². The Bertz CT molecular complexity index is 2080. The predicted molar refractivity (Wildman–Crippen MR) is 225 cm³/mol. The van der Waals surface area contributed by atoms with E-state index in [1.165, 1.54) is 32.8 Å². The van der Waals surface area contributed by atoms with E-state index >= 15 is 0 Å². The van der Waals surface area contributed by atoms with E-state index in [9.17, 15) is 0 Å². The van der Waals surface area contributed by atoms with Crippen molar-refractivity contribution in [3.63, 3.8) is 0 Å². The molecule has 0 radical (unpaired) electrons. The van der Waals surface area contributed by atoms with Crippen molar-refractivity contribution in [1.29, 1.82) is 0 Å². The van der Waals surface area contributed by atoms with Crippen molar-refractivity contribution in [3.8, 4) is 0 Å². The zero-order valence-corrected chi connectivity index (χ0v) is 31.7. The van der Waals surface area contributed by atoms with E-state index in [0.29, 0.717) is 0 Å². The molecule has 1 aliphatic rings. The molecule has 256 valence electrons. The van der Waals surface area contributed by atoms with Crippen LogP contribution in [0.15, 0.2) is 197 Å². The van der Waals surface area contributed by atoms with Crippen LogP contribution in [0.25, 0.3) is 0 Å². The minimum absolute atomic E-state index is 0.166. The van der Waals surface area contributed by atoms with Crippen LogP contribution in [-0.4, -0.2) is 30.6 Å². The number of rotatable bonds is 10. The first kappa shape index (κ1) is 37.1. The van der Waals surface area contributed by atoms with Gasteiger partial charge in [-0.3, -0.25) is 9.98 Å². The first-order chi connectivity index (χ1) is 25.5. The molecule has 8 heteroatoms. The number of allylic oxidation sites excluding steroid dienone is 2. The van der Waals surface area contributed by atoms with Crippen LogP contribution in [0.5, 0.6) is 0 Å². The quantitative estimate of drug-likeness (QED) is 0.102. The molecule has 0 saturated heterocycles. The summed E-state index contributed by atoms with van der Waals surface area (Å²) >= 11 is 0.194. The average Bonchev–Trinajstić information content (AvgIpc) is 3.70. The molecule has 0 unspecified atom stereocenters. The van der Waals surface area contributed by atoms with Gasteiger partial charge in [-0.1, -0.05) is 184 Å². The molecule has 0 aromatic heterocycles. The Hall–Kier alpha value is -4.70. The molecule has 7 rings (SSSR count). The van der Waals surface area contributed by atoms with E-state index in [1.807, 2.05) is 13.8 Å². The standard InChI is InChI=1S/C44H37B2N3.2ClH.Fe/c1-33(47-41-27-23-39(24-28-41)45(35-15-7-3-8-16-35)36-17-9-4-10-18-36)43-31-32-44(49-43)34(2)48-42-29-25-40(26-30-42)46(37-19-11-5-12-20-37)38-21-13-6-14-22-38;;;/h3-31H,32H2,1-2H3;2*1H;/q;;;+2/p-2. The number of hydrogen-bond donors (Lipinski definition) is 0. The SMILES string of the molecule is CC(=Nc1ccc(B(c2ccccc2)c2ccccc2)cc1)C1=CCC(C(C)=Nc2ccc(B(c3ccccc3)c3ccccc3)cc2)=N1.[Cl][Fe][Cl]. The summed E-state index contributed by atoms with van der Waals surface area (Å²) in [5, 5.41) is 0. The van der Waals surface area contributed by atoms with Gasteiger partial charge in [0.2, 0.25) is 13.4 Å². The summed E-state index contributed by atoms with van der Waals surface area (Å²) in [6, 6.07) is 59.9. The predicted octanol–water partition coefficient (Wildman–Crippen LogP) is 7.71. The molecule has 1 heterocycles. The van der Waals surface area contributed by atoms with Crippen LogP contribution in [0, 0.1) is 0 Å². The molecule has 0 atom stereocenters. The summed E-state index contributed by atoms with van der Waals surface area (Å²) < 4.78 is 0. The van der Waals surface area contributed by atoms with Crippen LogP contribution >= 0.6 is 20.2 Å². The second-order valence-corrected chi connectivity index (χ2v) is 14.3. The summed E-state index contributed by atoms with van der Waals surface area (Å²) in [6.07, 6.45) is 2.89. The monoisotopic (exact) mass is 755 g/mol. The second-order valence-electron chi connectivity index (χ2n) is 12.5. The van der Waals surface area contributed by atoms with Crippen molar-refractivity contribution >= 4 is 94.9 Å². The van der Waals surface area contributed by atoms with Crippen LogP contribution in [0.4, 0.5) is 11.4 Å². The molecular formula is C44H37B2Cl2FeN3. The van der Waals surface area contributed by atoms with Crippen LogP contribution < -0.4 is 32.8 Å². The maximum atomic E-state index is 4.95. The molecule has 0 spiro atoms. The second kappa shape index (κ2) is 18.7. The van der Waals surface area contributed by atoms with E-state index in [-0.39, 0.29) is 26.6 Å². The van der Waals surface area contributed by atoms with Gasteiger partial charge in [0.25, 0.3) is 0 Å². The number of halogens is 2. The molecule has 0 aliphatic carbocycles. The molecule has 0 fully saturated rings. The van der Waals surface area contributed by atoms with E-state index in [0.717, 1.165) is 40.6 Å². The van der Waals surface area contributed by atoms with Crippen molar-refractivity contribution in [2.45, 2.75) is 20.3 Å². The van der Waals surface area contributed by atoms with Crippen molar-refractivity contribution in [2.24, 2.45) is 15.0 Å². The maximum absolute atomic E-state index is 4.95. The molecule has 1 aliphatic heterocycles. The van der Waals surface area contributed by atoms with Gasteiger partial charge in [-0.05, 0) is 38.1 Å². The van der Waals surface area contributed by atoms with Crippen LogP contribution in [0.3, 0.4) is 0 Å². The summed E-state index contributed by atoms with van der Waals surface area (Å²) in [5.41, 5.74) is 13.1. The van der Waals surface area contributed by atoms with Crippen molar-refractivity contribution in [2.75, 3.05) is 0 Å². The van der Waals surface area contributed by atoms with E-state index < -0.39 is 0 Å². The molecule has 0 amide bonds. The molecule has 3 nitrogen and oxygen atoms in total. The van der Waals surface area contributed by atoms with Gasteiger partial charge in [0.05, 0.1) is 34.2 Å². The normalized spacial score (nSPS) is 12.8. The molecular weight excluding hydrogens is 719 g/mol. The van der Waals surface area contributed by atoms with Gasteiger partial charge < -0.3 is 0 Å². The molecule has 0 N–H and O–H groups in total. The summed E-state index contributed by atoms with van der Waals surface area (Å²) in [6.45, 7) is 4.41. The Morgan fingerprint density at radius 2 is 0.788 bits per heavy atom. The molecule has 0 saturated carbocycles. The van der Waals surface area contributed by atoms with E-state index in [1.54, 1.807) is 0 Å². The Morgan fingerprint density at radius 1 is 0.481 bits per heavy atom. The van der Waals surface area contributed by atoms with Gasteiger partial charge in [0, 0.05) is 6.42 Å². The van der Waals surface area contributed by atoms with Gasteiger partial charge in [-0.2, -0.15) is 0 Å². The Balaban J connectivity index is 0.00000150. The third kappa shape index (κ3) is 9.59. The number of hydrogen-bond acceptors (Lipinski definition) is 3. The summed E-state index contributed by atoms with van der Waals surface area (Å²) in [7, 11) is 9.53. The van der Waals surface area contributed by atoms with Crippen molar-refractivity contribution in [3.05, 3.63) is 182 Å². The van der Waals surface area contributed by atoms with Crippen LogP contribution in [0.2, 0.25) is 0 Å². The van der Waals surface area contributed by atoms with Crippen LogP contribution in [0.1, 0.15) is 20.3 Å². The van der Waals surface area contributed by atoms with Crippen LogP contribution in [-0.2, 0) is 13.1 Å². The fraction of sp³-hybridized carbons (Fsp3) is 0.0682. The average molecular weight is 756 g/mol. The summed E-state index contributed by atoms with van der Waals surface area (Å²) in [5.74, 6) is 0. The Kier molecular flexibility index (Phi) is 13.3. The fourth-order valence-electron chi connectivity index (χ4n) is 6.62. The molecule has 52 heavy (non-hydrogen) atoms. The van der Waals surface area contributed by atoms with Crippen molar-refractivity contribution in [1.82, 2.24) is 0 Å². The van der Waals surface area contributed by atoms with E-state index in [2.05, 4.69) is 176 Å². The van der Waals surface area contributed by atoms with Gasteiger partial charge >= 0.3 is 33.3 Å². The third-order valence-corrected chi connectivity index (χ3v) is 9.11. The molecule has 6 aromatic carbocycles. The van der Waals surface area contributed by atoms with Gasteiger partial charge in [0.15, 0.2) is 0 Å². The zero-order chi connectivity index (χ0) is 36.1. The first-order valence-electron chi connectivity index (χ1n) is 17.2. The van der Waals surface area contributed by atoms with Gasteiger partial charge in [-0.15, -0.1) is 0 Å². The van der Waals surface area contributed by atoms with E-state index in [4.69, 9.17) is 35.2 Å². The summed E-state index contributed by atoms with van der Waals surface area (Å²) in [4.78, 5) is 14.8. The minimum atomic E-state index is 0.166. The molecule has 6 aromatic rings.